The van der Waals surface area contributed by atoms with Gasteiger partial charge in [-0.15, -0.1) is 0 Å². The average Bonchev–Trinajstić information content (AvgIpc) is 2.92. The lowest BCUT2D eigenvalue weighted by Gasteiger charge is -2.08. The number of benzene rings is 1. The van der Waals surface area contributed by atoms with Crippen molar-refractivity contribution in [3.8, 4) is 0 Å². The smallest absolute Gasteiger partial charge is 0.344 e. The van der Waals surface area contributed by atoms with E-state index in [1.807, 2.05) is 0 Å². The molecule has 0 aliphatic heterocycles. The van der Waals surface area contributed by atoms with Gasteiger partial charge in [0, 0.05) is 6.54 Å². The molecular formula is C19H24N2O4. The third-order valence-corrected chi connectivity index (χ3v) is 3.95. The molecule has 1 heterocycles. The van der Waals surface area contributed by atoms with Crippen molar-refractivity contribution in [3.05, 3.63) is 52.4 Å². The summed E-state index contributed by atoms with van der Waals surface area (Å²) >= 11 is 0. The van der Waals surface area contributed by atoms with Gasteiger partial charge in [-0.3, -0.25) is 4.79 Å². The SMILES string of the molecule is Cc1noc(C)c1C(=O)OCC(=O)NCCc1ccc(C(C)C)cc1. The van der Waals surface area contributed by atoms with Crippen molar-refractivity contribution < 1.29 is 18.8 Å². The topological polar surface area (TPSA) is 81.4 Å². The van der Waals surface area contributed by atoms with Gasteiger partial charge in [0.05, 0.1) is 5.69 Å². The van der Waals surface area contributed by atoms with Gasteiger partial charge in [0.2, 0.25) is 0 Å². The minimum absolute atomic E-state index is 0.276. The van der Waals surface area contributed by atoms with E-state index >= 15 is 0 Å². The Morgan fingerprint density at radius 1 is 1.20 bits per heavy atom. The lowest BCUT2D eigenvalue weighted by molar-refractivity contribution is -0.124. The summed E-state index contributed by atoms with van der Waals surface area (Å²) in [4.78, 5) is 23.7. The number of aryl methyl sites for hydroxylation is 2. The van der Waals surface area contributed by atoms with E-state index in [0.29, 0.717) is 23.9 Å². The Kier molecular flexibility index (Phi) is 6.33. The molecule has 1 aromatic carbocycles. The Bertz CT molecular complexity index is 713. The number of carbonyl (C=O) groups is 2. The van der Waals surface area contributed by atoms with Crippen molar-refractivity contribution in [2.75, 3.05) is 13.2 Å². The van der Waals surface area contributed by atoms with E-state index in [2.05, 4.69) is 48.6 Å². The zero-order chi connectivity index (χ0) is 18.4. The molecule has 0 spiro atoms. The molecule has 0 bridgehead atoms. The number of amides is 1. The molecule has 134 valence electrons. The molecule has 1 amide bonds. The molecule has 0 atom stereocenters. The maximum absolute atomic E-state index is 11.9. The predicted octanol–water partition coefficient (Wildman–Crippen LogP) is 2.93. The van der Waals surface area contributed by atoms with E-state index in [4.69, 9.17) is 9.26 Å². The van der Waals surface area contributed by atoms with Crippen LogP contribution in [0.5, 0.6) is 0 Å². The van der Waals surface area contributed by atoms with Crippen LogP contribution < -0.4 is 5.32 Å². The second-order valence-electron chi connectivity index (χ2n) is 6.27. The Morgan fingerprint density at radius 3 is 2.44 bits per heavy atom. The summed E-state index contributed by atoms with van der Waals surface area (Å²) in [5, 5.41) is 6.43. The van der Waals surface area contributed by atoms with E-state index in [1.165, 1.54) is 5.56 Å². The molecule has 1 N–H and O–H groups in total. The molecule has 1 aromatic heterocycles. The van der Waals surface area contributed by atoms with Gasteiger partial charge in [-0.1, -0.05) is 43.3 Å². The normalized spacial score (nSPS) is 10.8. The van der Waals surface area contributed by atoms with Crippen LogP contribution in [0.3, 0.4) is 0 Å². The molecular weight excluding hydrogens is 320 g/mol. The van der Waals surface area contributed by atoms with Gasteiger partial charge >= 0.3 is 5.97 Å². The first-order valence-electron chi connectivity index (χ1n) is 8.34. The van der Waals surface area contributed by atoms with E-state index in [9.17, 15) is 9.59 Å². The molecule has 0 aliphatic carbocycles. The summed E-state index contributed by atoms with van der Waals surface area (Å²) < 4.78 is 9.91. The Labute approximate surface area is 147 Å². The summed E-state index contributed by atoms with van der Waals surface area (Å²) in [5.41, 5.74) is 3.17. The number of ether oxygens (including phenoxy) is 1. The number of nitrogens with zero attached hydrogens (tertiary/aromatic N) is 1. The minimum Gasteiger partial charge on any atom is -0.452 e. The van der Waals surface area contributed by atoms with E-state index < -0.39 is 5.97 Å². The van der Waals surface area contributed by atoms with Crippen LogP contribution in [-0.2, 0) is 16.0 Å². The van der Waals surface area contributed by atoms with Crippen LogP contribution in [0.4, 0.5) is 0 Å². The van der Waals surface area contributed by atoms with Gasteiger partial charge in [-0.25, -0.2) is 4.79 Å². The first-order chi connectivity index (χ1) is 11.9. The van der Waals surface area contributed by atoms with E-state index in [-0.39, 0.29) is 18.1 Å². The Morgan fingerprint density at radius 2 is 1.88 bits per heavy atom. The molecule has 6 heteroatoms. The van der Waals surface area contributed by atoms with E-state index in [1.54, 1.807) is 13.8 Å². The molecule has 2 rings (SSSR count). The Balaban J connectivity index is 1.73. The number of nitrogens with one attached hydrogen (secondary N) is 1. The number of carbonyl (C=O) groups excluding carboxylic acids is 2. The molecule has 0 fully saturated rings. The molecule has 0 saturated carbocycles. The van der Waals surface area contributed by atoms with Gasteiger partial charge in [0.1, 0.15) is 11.3 Å². The van der Waals surface area contributed by atoms with Crippen molar-refractivity contribution in [1.82, 2.24) is 10.5 Å². The molecule has 25 heavy (non-hydrogen) atoms. The van der Waals surface area contributed by atoms with Gasteiger partial charge in [-0.05, 0) is 37.3 Å². The predicted molar refractivity (Wildman–Crippen MR) is 93.5 cm³/mol. The molecule has 0 unspecified atom stereocenters. The quantitative estimate of drug-likeness (QED) is 0.781. The zero-order valence-electron chi connectivity index (χ0n) is 15.1. The highest BCUT2D eigenvalue weighted by molar-refractivity contribution is 5.93. The second-order valence-corrected chi connectivity index (χ2v) is 6.27. The minimum atomic E-state index is -0.601. The van der Waals surface area contributed by atoms with E-state index in [0.717, 1.165) is 12.0 Å². The fourth-order valence-electron chi connectivity index (χ4n) is 2.44. The van der Waals surface area contributed by atoms with Crippen LogP contribution in [0, 0.1) is 13.8 Å². The highest BCUT2D eigenvalue weighted by Crippen LogP contribution is 2.15. The van der Waals surface area contributed by atoms with Gasteiger partial charge < -0.3 is 14.6 Å². The van der Waals surface area contributed by atoms with Gasteiger partial charge in [0.15, 0.2) is 6.61 Å². The molecule has 2 aromatic rings. The third kappa shape index (κ3) is 5.17. The van der Waals surface area contributed by atoms with Crippen LogP contribution in [0.25, 0.3) is 0 Å². The molecule has 6 nitrogen and oxygen atoms in total. The van der Waals surface area contributed by atoms with Crippen LogP contribution in [0.1, 0.15) is 52.7 Å². The monoisotopic (exact) mass is 344 g/mol. The average molecular weight is 344 g/mol. The first kappa shape index (κ1) is 18.7. The maximum Gasteiger partial charge on any atom is 0.344 e. The first-order valence-corrected chi connectivity index (χ1v) is 8.34. The fraction of sp³-hybridized carbons (Fsp3) is 0.421. The van der Waals surface area contributed by atoms with Gasteiger partial charge in [-0.2, -0.15) is 0 Å². The summed E-state index contributed by atoms with van der Waals surface area (Å²) in [7, 11) is 0. The molecule has 0 radical (unpaired) electrons. The second kappa shape index (κ2) is 8.46. The third-order valence-electron chi connectivity index (χ3n) is 3.95. The van der Waals surface area contributed by atoms with Crippen LogP contribution >= 0.6 is 0 Å². The van der Waals surface area contributed by atoms with Crippen molar-refractivity contribution in [2.24, 2.45) is 0 Å². The standard InChI is InChI=1S/C19H24N2O4/c1-12(2)16-7-5-15(6-8-16)9-10-20-17(22)11-24-19(23)18-13(3)21-25-14(18)4/h5-8,12H,9-11H2,1-4H3,(H,20,22). The van der Waals surface area contributed by atoms with Crippen LogP contribution in [0.2, 0.25) is 0 Å². The number of hydrogen-bond donors (Lipinski definition) is 1. The summed E-state index contributed by atoms with van der Waals surface area (Å²) in [5.74, 6) is -0.0523. The number of rotatable bonds is 7. The summed E-state index contributed by atoms with van der Waals surface area (Å²) in [6, 6.07) is 8.35. The highest BCUT2D eigenvalue weighted by atomic mass is 16.5. The number of hydrogen-bond acceptors (Lipinski definition) is 5. The molecule has 0 saturated heterocycles. The fourth-order valence-corrected chi connectivity index (χ4v) is 2.44. The zero-order valence-corrected chi connectivity index (χ0v) is 15.1. The summed E-state index contributed by atoms with van der Waals surface area (Å²) in [6.07, 6.45) is 0.724. The van der Waals surface area contributed by atoms with Crippen molar-refractivity contribution in [3.63, 3.8) is 0 Å². The lowest BCUT2D eigenvalue weighted by atomic mass is 10.0. The summed E-state index contributed by atoms with van der Waals surface area (Å²) in [6.45, 7) is 7.75. The highest BCUT2D eigenvalue weighted by Gasteiger charge is 2.19. The number of aromatic nitrogens is 1. The number of esters is 1. The van der Waals surface area contributed by atoms with Crippen molar-refractivity contribution in [2.45, 2.75) is 40.0 Å². The van der Waals surface area contributed by atoms with Crippen molar-refractivity contribution >= 4 is 11.9 Å². The van der Waals surface area contributed by atoms with Gasteiger partial charge in [0.25, 0.3) is 5.91 Å². The maximum atomic E-state index is 11.9. The van der Waals surface area contributed by atoms with Crippen LogP contribution in [-0.4, -0.2) is 30.2 Å². The Hall–Kier alpha value is -2.63. The lowest BCUT2D eigenvalue weighted by Crippen LogP contribution is -2.30. The van der Waals surface area contributed by atoms with Crippen LogP contribution in [0.15, 0.2) is 28.8 Å². The largest absolute Gasteiger partial charge is 0.452 e. The molecule has 0 aliphatic rings. The van der Waals surface area contributed by atoms with Crippen molar-refractivity contribution in [1.29, 1.82) is 0 Å².